The Kier molecular flexibility index (Phi) is 3.89. The maximum Gasteiger partial charge on any atom is 0.229 e. The van der Waals surface area contributed by atoms with Gasteiger partial charge in [-0.2, -0.15) is 0 Å². The van der Waals surface area contributed by atoms with Gasteiger partial charge in [0.05, 0.1) is 0 Å². The van der Waals surface area contributed by atoms with Crippen molar-refractivity contribution in [3.05, 3.63) is 6.92 Å². The molecule has 0 aromatic heterocycles. The van der Waals surface area contributed by atoms with Gasteiger partial charge in [-0.05, 0) is 11.8 Å². The fourth-order valence-corrected chi connectivity index (χ4v) is 1.91. The Morgan fingerprint density at radius 3 is 2.20 bits per heavy atom. The molecule has 85 valence electrons. The van der Waals surface area contributed by atoms with Gasteiger partial charge in [0.25, 0.3) is 0 Å². The van der Waals surface area contributed by atoms with Gasteiger partial charge in [0, 0.05) is 19.4 Å². The molecule has 1 aliphatic rings. The Morgan fingerprint density at radius 2 is 1.73 bits per heavy atom. The second-order valence-electron chi connectivity index (χ2n) is 5.02. The summed E-state index contributed by atoms with van der Waals surface area (Å²) in [4.78, 5) is 24.8. The van der Waals surface area contributed by atoms with E-state index in [2.05, 4.69) is 6.92 Å². The Morgan fingerprint density at radius 1 is 1.20 bits per heavy atom. The summed E-state index contributed by atoms with van der Waals surface area (Å²) >= 11 is 0. The van der Waals surface area contributed by atoms with Gasteiger partial charge in [-0.15, -0.1) is 0 Å². The van der Waals surface area contributed by atoms with Crippen LogP contribution in [0.1, 0.15) is 46.0 Å². The van der Waals surface area contributed by atoms with Gasteiger partial charge in [0.2, 0.25) is 11.8 Å². The largest absolute Gasteiger partial charge is 0.283 e. The highest BCUT2D eigenvalue weighted by atomic mass is 16.2. The van der Waals surface area contributed by atoms with E-state index in [1.165, 1.54) is 4.90 Å². The third-order valence-corrected chi connectivity index (χ3v) is 2.74. The van der Waals surface area contributed by atoms with Crippen molar-refractivity contribution in [1.82, 2.24) is 4.90 Å². The number of hydrogen-bond acceptors (Lipinski definition) is 2. The standard InChI is InChI=1S/C12H20NO2/c1-4-5-6-7-13-10(14)8-12(2,3)9-11(13)15/h1,4-9H2,2-3H3. The van der Waals surface area contributed by atoms with E-state index in [9.17, 15) is 9.59 Å². The molecular formula is C12H20NO2. The molecule has 3 nitrogen and oxygen atoms in total. The van der Waals surface area contributed by atoms with Crippen LogP contribution in [0.5, 0.6) is 0 Å². The van der Waals surface area contributed by atoms with Crippen LogP contribution in [0.4, 0.5) is 0 Å². The summed E-state index contributed by atoms with van der Waals surface area (Å²) in [5, 5.41) is 0. The number of nitrogens with zero attached hydrogens (tertiary/aromatic N) is 1. The molecule has 0 bridgehead atoms. The summed E-state index contributed by atoms with van der Waals surface area (Å²) in [7, 11) is 0. The zero-order valence-corrected chi connectivity index (χ0v) is 9.71. The molecule has 15 heavy (non-hydrogen) atoms. The smallest absolute Gasteiger partial charge is 0.229 e. The van der Waals surface area contributed by atoms with Crippen molar-refractivity contribution in [2.45, 2.75) is 46.0 Å². The van der Waals surface area contributed by atoms with Gasteiger partial charge in [-0.1, -0.05) is 33.6 Å². The average Bonchev–Trinajstić information content (AvgIpc) is 2.08. The predicted octanol–water partition coefficient (Wildman–Crippen LogP) is 2.17. The van der Waals surface area contributed by atoms with E-state index in [1.54, 1.807) is 0 Å². The first-order chi connectivity index (χ1) is 6.96. The van der Waals surface area contributed by atoms with Crippen LogP contribution >= 0.6 is 0 Å². The maximum atomic E-state index is 11.7. The SMILES string of the molecule is [CH2]CCCCN1C(=O)CC(C)(C)CC1=O. The van der Waals surface area contributed by atoms with E-state index in [-0.39, 0.29) is 17.2 Å². The van der Waals surface area contributed by atoms with E-state index in [4.69, 9.17) is 0 Å². The lowest BCUT2D eigenvalue weighted by Crippen LogP contribution is -2.46. The van der Waals surface area contributed by atoms with Crippen molar-refractivity contribution in [2.24, 2.45) is 5.41 Å². The monoisotopic (exact) mass is 210 g/mol. The number of amides is 2. The van der Waals surface area contributed by atoms with Gasteiger partial charge in [-0.25, -0.2) is 0 Å². The molecule has 0 N–H and O–H groups in total. The van der Waals surface area contributed by atoms with Gasteiger partial charge in [0.15, 0.2) is 0 Å². The Balaban J connectivity index is 2.52. The number of unbranched alkanes of at least 4 members (excludes halogenated alkanes) is 2. The van der Waals surface area contributed by atoms with Crippen LogP contribution in [0, 0.1) is 12.3 Å². The normalized spacial score (nSPS) is 20.9. The summed E-state index contributed by atoms with van der Waals surface area (Å²) in [6.07, 6.45) is 3.69. The second kappa shape index (κ2) is 4.77. The van der Waals surface area contributed by atoms with Gasteiger partial charge in [0.1, 0.15) is 0 Å². The molecule has 1 aliphatic heterocycles. The Labute approximate surface area is 91.8 Å². The predicted molar refractivity (Wildman–Crippen MR) is 58.9 cm³/mol. The van der Waals surface area contributed by atoms with Crippen LogP contribution < -0.4 is 0 Å². The first-order valence-electron chi connectivity index (χ1n) is 5.59. The third-order valence-electron chi connectivity index (χ3n) is 2.74. The summed E-state index contributed by atoms with van der Waals surface area (Å²) in [6.45, 7) is 8.25. The van der Waals surface area contributed by atoms with Crippen LogP contribution in [0.25, 0.3) is 0 Å². The molecule has 1 saturated heterocycles. The first kappa shape index (κ1) is 12.2. The van der Waals surface area contributed by atoms with Crippen LogP contribution in [0.2, 0.25) is 0 Å². The first-order valence-corrected chi connectivity index (χ1v) is 5.59. The number of likely N-dealkylation sites (tertiary alicyclic amines) is 1. The molecule has 1 fully saturated rings. The molecule has 0 spiro atoms. The highest BCUT2D eigenvalue weighted by Crippen LogP contribution is 2.31. The van der Waals surface area contributed by atoms with Crippen molar-refractivity contribution < 1.29 is 9.59 Å². The molecule has 0 atom stereocenters. The highest BCUT2D eigenvalue weighted by Gasteiger charge is 2.36. The van der Waals surface area contributed by atoms with Crippen molar-refractivity contribution in [1.29, 1.82) is 0 Å². The number of piperidine rings is 1. The minimum atomic E-state index is -0.156. The third kappa shape index (κ3) is 3.33. The zero-order valence-electron chi connectivity index (χ0n) is 9.71. The molecule has 3 heteroatoms. The van der Waals surface area contributed by atoms with E-state index in [0.717, 1.165) is 19.3 Å². The Bertz CT molecular complexity index is 238. The fourth-order valence-electron chi connectivity index (χ4n) is 1.91. The molecule has 0 aromatic carbocycles. The van der Waals surface area contributed by atoms with Crippen LogP contribution in [-0.4, -0.2) is 23.3 Å². The molecule has 0 unspecified atom stereocenters. The number of hydrogen-bond donors (Lipinski definition) is 0. The van der Waals surface area contributed by atoms with E-state index in [1.807, 2.05) is 13.8 Å². The van der Waals surface area contributed by atoms with Crippen molar-refractivity contribution in [3.63, 3.8) is 0 Å². The van der Waals surface area contributed by atoms with Crippen LogP contribution in [0.15, 0.2) is 0 Å². The minimum Gasteiger partial charge on any atom is -0.283 e. The summed E-state index contributed by atoms with van der Waals surface area (Å²) in [5.41, 5.74) is -0.156. The molecule has 2 amide bonds. The lowest BCUT2D eigenvalue weighted by molar-refractivity contribution is -0.152. The Hall–Kier alpha value is -0.860. The number of rotatable bonds is 4. The second-order valence-corrected chi connectivity index (χ2v) is 5.02. The van der Waals surface area contributed by atoms with E-state index >= 15 is 0 Å². The highest BCUT2D eigenvalue weighted by molar-refractivity contribution is 5.98. The molecule has 1 heterocycles. The lowest BCUT2D eigenvalue weighted by atomic mass is 9.82. The quantitative estimate of drug-likeness (QED) is 0.526. The topological polar surface area (TPSA) is 37.4 Å². The van der Waals surface area contributed by atoms with Crippen molar-refractivity contribution >= 4 is 11.8 Å². The van der Waals surface area contributed by atoms with Crippen molar-refractivity contribution in [2.75, 3.05) is 6.54 Å². The molecule has 0 aromatic rings. The summed E-state index contributed by atoms with van der Waals surface area (Å²) in [6, 6.07) is 0. The van der Waals surface area contributed by atoms with E-state index < -0.39 is 0 Å². The number of carbonyl (C=O) groups is 2. The molecular weight excluding hydrogens is 190 g/mol. The molecule has 1 radical (unpaired) electrons. The average molecular weight is 210 g/mol. The van der Waals surface area contributed by atoms with E-state index in [0.29, 0.717) is 19.4 Å². The number of imide groups is 1. The summed E-state index contributed by atoms with van der Waals surface area (Å²) < 4.78 is 0. The fraction of sp³-hybridized carbons (Fsp3) is 0.750. The minimum absolute atomic E-state index is 0.0136. The van der Waals surface area contributed by atoms with Crippen LogP contribution in [0.3, 0.4) is 0 Å². The molecule has 1 rings (SSSR count). The maximum absolute atomic E-state index is 11.7. The van der Waals surface area contributed by atoms with Gasteiger partial charge >= 0.3 is 0 Å². The zero-order chi connectivity index (χ0) is 11.5. The van der Waals surface area contributed by atoms with Crippen molar-refractivity contribution in [3.8, 4) is 0 Å². The summed E-state index contributed by atoms with van der Waals surface area (Å²) in [5.74, 6) is -0.0272. The number of carbonyl (C=O) groups excluding carboxylic acids is 2. The van der Waals surface area contributed by atoms with Crippen LogP contribution in [-0.2, 0) is 9.59 Å². The molecule has 0 saturated carbocycles. The van der Waals surface area contributed by atoms with Gasteiger partial charge in [-0.3, -0.25) is 14.5 Å². The lowest BCUT2D eigenvalue weighted by Gasteiger charge is -2.34. The molecule has 0 aliphatic carbocycles. The van der Waals surface area contributed by atoms with Gasteiger partial charge < -0.3 is 0 Å².